The van der Waals surface area contributed by atoms with Crippen LogP contribution in [0.3, 0.4) is 0 Å². The van der Waals surface area contributed by atoms with Crippen LogP contribution < -0.4 is 4.90 Å². The zero-order valence-electron chi connectivity index (χ0n) is 35.2. The van der Waals surface area contributed by atoms with Crippen LogP contribution in [0.25, 0.3) is 60.9 Å². The third-order valence-corrected chi connectivity index (χ3v) is 13.2. The van der Waals surface area contributed by atoms with Gasteiger partial charge in [-0.05, 0) is 117 Å². The standard InChI is InChI=1S/C61H42N2/c1-61(2)56-40-41(31-37-50(56)54-38-39-55-51-26-16-17-29-57(51)63(60(55)59(54)61)45-22-10-5-11-23-45)30-36-47(58-52-27-14-12-24-48(52)49-25-13-15-28-53(49)58)42-32-34-46(35-33-42)62(43-18-6-3-7-19-43)44-20-8-4-9-21-44/h3-29,31-35,37-40H,1-2H3. The van der Waals surface area contributed by atoms with Crippen LogP contribution >= 0.6 is 0 Å². The van der Waals surface area contributed by atoms with Crippen LogP contribution in [0.2, 0.25) is 0 Å². The van der Waals surface area contributed by atoms with Gasteiger partial charge in [0.1, 0.15) is 0 Å². The van der Waals surface area contributed by atoms with Gasteiger partial charge in [0.05, 0.1) is 11.0 Å². The molecule has 12 rings (SSSR count). The summed E-state index contributed by atoms with van der Waals surface area (Å²) in [6, 6.07) is 78.8. The minimum atomic E-state index is -0.271. The van der Waals surface area contributed by atoms with Gasteiger partial charge in [-0.15, -0.1) is 0 Å². The molecule has 0 saturated carbocycles. The van der Waals surface area contributed by atoms with E-state index in [1.807, 2.05) is 0 Å². The lowest BCUT2D eigenvalue weighted by atomic mass is 9.81. The summed E-state index contributed by atoms with van der Waals surface area (Å²) in [5.41, 5.74) is 21.1. The second kappa shape index (κ2) is 14.5. The molecule has 0 radical (unpaired) electrons. The zero-order valence-corrected chi connectivity index (χ0v) is 35.2. The van der Waals surface area contributed by atoms with Crippen LogP contribution in [-0.4, -0.2) is 4.57 Å². The molecule has 0 spiro atoms. The van der Waals surface area contributed by atoms with E-state index in [0.717, 1.165) is 33.8 Å². The number of hydrogen-bond donors (Lipinski definition) is 0. The second-order valence-corrected chi connectivity index (χ2v) is 17.1. The maximum absolute atomic E-state index is 3.82. The lowest BCUT2D eigenvalue weighted by molar-refractivity contribution is 0.663. The van der Waals surface area contributed by atoms with Gasteiger partial charge < -0.3 is 9.47 Å². The van der Waals surface area contributed by atoms with Gasteiger partial charge in [0.15, 0.2) is 0 Å². The van der Waals surface area contributed by atoms with E-state index >= 15 is 0 Å². The Balaban J connectivity index is 1.01. The molecule has 0 aliphatic heterocycles. The number of anilines is 3. The molecular weight excluding hydrogens is 761 g/mol. The van der Waals surface area contributed by atoms with E-state index in [9.17, 15) is 0 Å². The summed E-state index contributed by atoms with van der Waals surface area (Å²) < 4.78 is 2.47. The highest BCUT2D eigenvalue weighted by Crippen LogP contribution is 2.53. The van der Waals surface area contributed by atoms with Crippen molar-refractivity contribution in [2.24, 2.45) is 0 Å². The van der Waals surface area contributed by atoms with Crippen molar-refractivity contribution >= 4 is 50.0 Å². The molecule has 0 saturated heterocycles. The number of benzene rings is 9. The Morgan fingerprint density at radius 1 is 0.460 bits per heavy atom. The first-order valence-corrected chi connectivity index (χ1v) is 21.8. The maximum atomic E-state index is 3.82. The predicted octanol–water partition coefficient (Wildman–Crippen LogP) is 15.6. The summed E-state index contributed by atoms with van der Waals surface area (Å²) in [6.07, 6.45) is 0. The summed E-state index contributed by atoms with van der Waals surface area (Å²) in [5, 5.41) is 2.55. The van der Waals surface area contributed by atoms with Gasteiger partial charge in [-0.2, -0.15) is 0 Å². The fourth-order valence-corrected chi connectivity index (χ4v) is 10.3. The van der Waals surface area contributed by atoms with E-state index < -0.39 is 0 Å². The van der Waals surface area contributed by atoms with Gasteiger partial charge in [0.25, 0.3) is 0 Å². The Kier molecular flexibility index (Phi) is 8.46. The molecular formula is C61H42N2. The second-order valence-electron chi connectivity index (χ2n) is 17.1. The van der Waals surface area contributed by atoms with Crippen LogP contribution in [0.15, 0.2) is 218 Å². The number of allylic oxidation sites excluding steroid dienone is 1. The minimum Gasteiger partial charge on any atom is -0.311 e. The molecule has 2 nitrogen and oxygen atoms in total. The van der Waals surface area contributed by atoms with E-state index in [1.54, 1.807) is 0 Å². The lowest BCUT2D eigenvalue weighted by Crippen LogP contribution is -2.16. The number of aromatic nitrogens is 1. The molecule has 2 heteroatoms. The van der Waals surface area contributed by atoms with Crippen molar-refractivity contribution in [1.82, 2.24) is 4.57 Å². The van der Waals surface area contributed by atoms with Gasteiger partial charge in [-0.3, -0.25) is 0 Å². The van der Waals surface area contributed by atoms with Gasteiger partial charge >= 0.3 is 0 Å². The molecule has 0 fully saturated rings. The predicted molar refractivity (Wildman–Crippen MR) is 264 cm³/mol. The third kappa shape index (κ3) is 5.82. The average molecular weight is 803 g/mol. The van der Waals surface area contributed by atoms with Crippen molar-refractivity contribution in [3.63, 3.8) is 0 Å². The molecule has 63 heavy (non-hydrogen) atoms. The molecule has 0 atom stereocenters. The maximum Gasteiger partial charge on any atom is 0.0588 e. The van der Waals surface area contributed by atoms with Crippen LogP contribution in [0, 0.1) is 11.8 Å². The third-order valence-electron chi connectivity index (χ3n) is 13.2. The first-order chi connectivity index (χ1) is 31.0. The molecule has 0 unspecified atom stereocenters. The molecule has 10 aromatic rings. The van der Waals surface area contributed by atoms with Crippen molar-refractivity contribution in [2.45, 2.75) is 19.3 Å². The summed E-state index contributed by atoms with van der Waals surface area (Å²) in [6.45, 7) is 4.77. The van der Waals surface area contributed by atoms with Gasteiger partial charge in [-0.1, -0.05) is 177 Å². The first kappa shape index (κ1) is 36.7. The Morgan fingerprint density at radius 2 is 1.00 bits per heavy atom. The number of para-hydroxylation sites is 4. The van der Waals surface area contributed by atoms with Gasteiger partial charge in [-0.25, -0.2) is 0 Å². The highest BCUT2D eigenvalue weighted by Gasteiger charge is 2.39. The largest absolute Gasteiger partial charge is 0.311 e. The van der Waals surface area contributed by atoms with Crippen LogP contribution in [0.4, 0.5) is 17.1 Å². The lowest BCUT2D eigenvalue weighted by Gasteiger charge is -2.25. The molecule has 296 valence electrons. The average Bonchev–Trinajstić information content (AvgIpc) is 3.93. The van der Waals surface area contributed by atoms with Crippen molar-refractivity contribution in [3.8, 4) is 39.8 Å². The van der Waals surface area contributed by atoms with Crippen molar-refractivity contribution in [2.75, 3.05) is 4.90 Å². The fourth-order valence-electron chi connectivity index (χ4n) is 10.3. The minimum absolute atomic E-state index is 0.271. The van der Waals surface area contributed by atoms with Crippen LogP contribution in [0.1, 0.15) is 47.2 Å². The number of rotatable bonds is 5. The normalized spacial score (nSPS) is 12.9. The molecule has 1 aromatic heterocycles. The monoisotopic (exact) mass is 802 g/mol. The van der Waals surface area contributed by atoms with E-state index in [0.29, 0.717) is 0 Å². The van der Waals surface area contributed by atoms with E-state index in [-0.39, 0.29) is 5.41 Å². The van der Waals surface area contributed by atoms with Crippen molar-refractivity contribution in [3.05, 3.63) is 252 Å². The van der Waals surface area contributed by atoms with Gasteiger partial charge in [0.2, 0.25) is 0 Å². The number of hydrogen-bond acceptors (Lipinski definition) is 1. The van der Waals surface area contributed by atoms with Crippen molar-refractivity contribution in [1.29, 1.82) is 0 Å². The highest BCUT2D eigenvalue weighted by atomic mass is 15.1. The highest BCUT2D eigenvalue weighted by molar-refractivity contribution is 6.15. The summed E-state index contributed by atoms with van der Waals surface area (Å²) in [5.74, 6) is 7.56. The summed E-state index contributed by atoms with van der Waals surface area (Å²) in [4.78, 5) is 2.31. The van der Waals surface area contributed by atoms with Gasteiger partial charge in [0, 0.05) is 55.6 Å². The Hall–Kier alpha value is -8.12. The molecule has 0 bridgehead atoms. The zero-order chi connectivity index (χ0) is 42.1. The summed E-state index contributed by atoms with van der Waals surface area (Å²) >= 11 is 0. The first-order valence-electron chi connectivity index (χ1n) is 21.8. The molecule has 0 amide bonds. The molecule has 2 aliphatic carbocycles. The molecule has 1 heterocycles. The Labute approximate surface area is 368 Å². The molecule has 2 aliphatic rings. The SMILES string of the molecule is CC1(C)c2cc(C#CC(=C3c4ccccc4-c4ccccc43)c3ccc(N(c4ccccc4)c4ccccc4)cc3)ccc2-c2ccc3c4ccccc4n(-c4ccccc4)c3c21. The quantitative estimate of drug-likeness (QED) is 0.157. The smallest absolute Gasteiger partial charge is 0.0588 e. The topological polar surface area (TPSA) is 8.17 Å². The molecule has 0 N–H and O–H groups in total. The Morgan fingerprint density at radius 3 is 1.65 bits per heavy atom. The number of fused-ring (bicyclic) bond motifs is 10. The fraction of sp³-hybridized carbons (Fsp3) is 0.0492. The summed E-state index contributed by atoms with van der Waals surface area (Å²) in [7, 11) is 0. The van der Waals surface area contributed by atoms with E-state index in [1.165, 1.54) is 77.6 Å². The number of nitrogens with zero attached hydrogens (tertiary/aromatic N) is 2. The van der Waals surface area contributed by atoms with Crippen LogP contribution in [-0.2, 0) is 5.41 Å². The van der Waals surface area contributed by atoms with Crippen molar-refractivity contribution < 1.29 is 0 Å². The van der Waals surface area contributed by atoms with E-state index in [2.05, 4.69) is 254 Å². The van der Waals surface area contributed by atoms with E-state index in [4.69, 9.17) is 0 Å². The van der Waals surface area contributed by atoms with Crippen LogP contribution in [0.5, 0.6) is 0 Å². The molecule has 9 aromatic carbocycles. The Bertz CT molecular complexity index is 3420.